The number of aromatic hydroxyl groups is 1. The van der Waals surface area contributed by atoms with Crippen molar-refractivity contribution in [1.29, 1.82) is 0 Å². The molecule has 0 saturated carbocycles. The fraction of sp³-hybridized carbons (Fsp3) is 0.120. The largest absolute Gasteiger partial charge is 0.502 e. The second kappa shape index (κ2) is 10.1. The van der Waals surface area contributed by atoms with Gasteiger partial charge in [0.2, 0.25) is 0 Å². The highest BCUT2D eigenvalue weighted by molar-refractivity contribution is 8.18. The zero-order chi connectivity index (χ0) is 23.2. The number of nitro groups is 1. The number of aliphatic imine (C=N–C) groups is 1. The van der Waals surface area contributed by atoms with Gasteiger partial charge >= 0.3 is 5.69 Å². The molecule has 0 radical (unpaired) electrons. The van der Waals surface area contributed by atoms with Gasteiger partial charge in [-0.05, 0) is 60.0 Å². The summed E-state index contributed by atoms with van der Waals surface area (Å²) in [6, 6.07) is 23.5. The van der Waals surface area contributed by atoms with Crippen LogP contribution < -0.4 is 0 Å². The van der Waals surface area contributed by atoms with E-state index in [0.29, 0.717) is 22.2 Å². The summed E-state index contributed by atoms with van der Waals surface area (Å²) in [5, 5.41) is 21.4. The van der Waals surface area contributed by atoms with Gasteiger partial charge < -0.3 is 5.11 Å². The monoisotopic (exact) mass is 459 g/mol. The predicted octanol–water partition coefficient (Wildman–Crippen LogP) is 5.54. The molecule has 33 heavy (non-hydrogen) atoms. The van der Waals surface area contributed by atoms with Crippen molar-refractivity contribution in [3.63, 3.8) is 0 Å². The van der Waals surface area contributed by atoms with Crippen molar-refractivity contribution in [2.24, 2.45) is 4.99 Å². The minimum absolute atomic E-state index is 0.196. The molecule has 3 aromatic rings. The first-order valence-electron chi connectivity index (χ1n) is 10.4. The van der Waals surface area contributed by atoms with Crippen LogP contribution in [0.15, 0.2) is 88.8 Å². The standard InChI is InChI=1S/C25H21N3O4S/c29-22-14-13-19(16-21(22)28(31)32)17-23-24(30)27(15-7-10-18-8-3-1-4-9-18)25(33-23)26-20-11-5-2-6-12-20/h1-6,8-9,11-14,16-17,29H,7,10,15H2/b23-17-,26-25?. The van der Waals surface area contributed by atoms with Gasteiger partial charge in [0.15, 0.2) is 10.9 Å². The highest BCUT2D eigenvalue weighted by Crippen LogP contribution is 2.35. The molecule has 1 aliphatic rings. The number of nitrogens with zero attached hydrogens (tertiary/aromatic N) is 3. The molecule has 1 saturated heterocycles. The maximum Gasteiger partial charge on any atom is 0.311 e. The summed E-state index contributed by atoms with van der Waals surface area (Å²) in [5.74, 6) is -0.611. The summed E-state index contributed by atoms with van der Waals surface area (Å²) >= 11 is 1.24. The molecule has 1 N–H and O–H groups in total. The van der Waals surface area contributed by atoms with Crippen molar-refractivity contribution in [1.82, 2.24) is 4.90 Å². The second-order valence-electron chi connectivity index (χ2n) is 7.39. The van der Waals surface area contributed by atoms with Crippen LogP contribution >= 0.6 is 11.8 Å². The third-order valence-corrected chi connectivity index (χ3v) is 6.06. The maximum absolute atomic E-state index is 13.2. The molecule has 1 aliphatic heterocycles. The van der Waals surface area contributed by atoms with Crippen molar-refractivity contribution in [3.05, 3.63) is 105 Å². The third kappa shape index (κ3) is 5.48. The first kappa shape index (κ1) is 22.3. The fourth-order valence-corrected chi connectivity index (χ4v) is 4.44. The highest BCUT2D eigenvalue weighted by Gasteiger charge is 2.33. The molecule has 7 nitrogen and oxygen atoms in total. The van der Waals surface area contributed by atoms with Crippen LogP contribution in [0.4, 0.5) is 11.4 Å². The van der Waals surface area contributed by atoms with Crippen LogP contribution in [-0.2, 0) is 11.2 Å². The summed E-state index contributed by atoms with van der Waals surface area (Å²) in [6.45, 7) is 0.499. The van der Waals surface area contributed by atoms with E-state index in [1.807, 2.05) is 48.5 Å². The summed E-state index contributed by atoms with van der Waals surface area (Å²) in [7, 11) is 0. The van der Waals surface area contributed by atoms with Gasteiger partial charge in [-0.25, -0.2) is 4.99 Å². The number of rotatable bonds is 7. The Morgan fingerprint density at radius 1 is 1.03 bits per heavy atom. The van der Waals surface area contributed by atoms with Crippen molar-refractivity contribution in [2.45, 2.75) is 12.8 Å². The van der Waals surface area contributed by atoms with Gasteiger partial charge in [-0.3, -0.25) is 19.8 Å². The zero-order valence-corrected chi connectivity index (χ0v) is 18.4. The Bertz CT molecular complexity index is 1230. The minimum Gasteiger partial charge on any atom is -0.502 e. The summed E-state index contributed by atoms with van der Waals surface area (Å²) in [6.07, 6.45) is 3.19. The van der Waals surface area contributed by atoms with E-state index < -0.39 is 16.4 Å². The second-order valence-corrected chi connectivity index (χ2v) is 8.40. The van der Waals surface area contributed by atoms with Crippen LogP contribution in [0.25, 0.3) is 6.08 Å². The molecule has 1 fully saturated rings. The number of carbonyl (C=O) groups excluding carboxylic acids is 1. The number of aryl methyl sites for hydroxylation is 1. The highest BCUT2D eigenvalue weighted by atomic mass is 32.2. The normalized spacial score (nSPS) is 16.0. The Kier molecular flexibility index (Phi) is 6.85. The van der Waals surface area contributed by atoms with Crippen LogP contribution in [0.3, 0.4) is 0 Å². The molecule has 3 aromatic carbocycles. The molecule has 4 rings (SSSR count). The Balaban J connectivity index is 1.60. The molecule has 0 atom stereocenters. The zero-order valence-electron chi connectivity index (χ0n) is 17.6. The Labute approximate surface area is 195 Å². The Morgan fingerprint density at radius 2 is 1.73 bits per heavy atom. The number of thioether (sulfide) groups is 1. The van der Waals surface area contributed by atoms with Crippen molar-refractivity contribution >= 4 is 40.3 Å². The molecule has 166 valence electrons. The van der Waals surface area contributed by atoms with Gasteiger partial charge in [-0.1, -0.05) is 54.6 Å². The average Bonchev–Trinajstić information content (AvgIpc) is 3.10. The maximum atomic E-state index is 13.2. The number of benzene rings is 3. The lowest BCUT2D eigenvalue weighted by molar-refractivity contribution is -0.385. The van der Waals surface area contributed by atoms with E-state index in [4.69, 9.17) is 0 Å². The quantitative estimate of drug-likeness (QED) is 0.284. The van der Waals surface area contributed by atoms with Gasteiger partial charge in [0.05, 0.1) is 15.5 Å². The van der Waals surface area contributed by atoms with Crippen LogP contribution in [0, 0.1) is 10.1 Å². The van der Waals surface area contributed by atoms with Crippen LogP contribution in [0.1, 0.15) is 17.5 Å². The molecule has 8 heteroatoms. The number of carbonyl (C=O) groups is 1. The average molecular weight is 460 g/mol. The van der Waals surface area contributed by atoms with Crippen LogP contribution in [-0.4, -0.2) is 32.5 Å². The molecule has 0 unspecified atom stereocenters. The first-order valence-corrected chi connectivity index (χ1v) is 11.2. The minimum atomic E-state index is -0.654. The smallest absolute Gasteiger partial charge is 0.311 e. The number of phenols is 1. The van der Waals surface area contributed by atoms with Gasteiger partial charge in [0.1, 0.15) is 0 Å². The first-order chi connectivity index (χ1) is 16.0. The summed E-state index contributed by atoms with van der Waals surface area (Å²) in [4.78, 5) is 30.4. The summed E-state index contributed by atoms with van der Waals surface area (Å²) in [5.41, 5.74) is 1.99. The molecular formula is C25H21N3O4S. The number of amidine groups is 1. The lowest BCUT2D eigenvalue weighted by Gasteiger charge is -2.15. The van der Waals surface area contributed by atoms with E-state index in [1.54, 1.807) is 11.0 Å². The van der Waals surface area contributed by atoms with E-state index >= 15 is 0 Å². The number of para-hydroxylation sites is 1. The topological polar surface area (TPSA) is 96.0 Å². The number of hydrogen-bond acceptors (Lipinski definition) is 6. The van der Waals surface area contributed by atoms with Gasteiger partial charge in [-0.2, -0.15) is 0 Å². The summed E-state index contributed by atoms with van der Waals surface area (Å²) < 4.78 is 0. The van der Waals surface area contributed by atoms with Gasteiger partial charge in [0, 0.05) is 12.6 Å². The number of nitro benzene ring substituents is 1. The number of hydrogen-bond donors (Lipinski definition) is 1. The molecule has 0 aromatic heterocycles. The lowest BCUT2D eigenvalue weighted by atomic mass is 10.1. The van der Waals surface area contributed by atoms with Gasteiger partial charge in [0.25, 0.3) is 5.91 Å². The molecule has 1 amide bonds. The SMILES string of the molecule is O=C1/C(=C/c2ccc(O)c([N+](=O)[O-])c2)SC(=Nc2ccccc2)N1CCCc1ccccc1. The molecule has 0 spiro atoms. The Hall–Kier alpha value is -3.91. The predicted molar refractivity (Wildman–Crippen MR) is 130 cm³/mol. The molecular weight excluding hydrogens is 438 g/mol. The van der Waals surface area contributed by atoms with Crippen LogP contribution in [0.5, 0.6) is 5.75 Å². The lowest BCUT2D eigenvalue weighted by Crippen LogP contribution is -2.30. The fourth-order valence-electron chi connectivity index (χ4n) is 3.42. The van der Waals surface area contributed by atoms with Crippen molar-refractivity contribution < 1.29 is 14.8 Å². The van der Waals surface area contributed by atoms with Crippen molar-refractivity contribution in [2.75, 3.05) is 6.54 Å². The number of phenolic OH excluding ortho intramolecular Hbond substituents is 1. The molecule has 0 aliphatic carbocycles. The molecule has 0 bridgehead atoms. The third-order valence-electron chi connectivity index (χ3n) is 5.05. The van der Waals surface area contributed by atoms with E-state index in [2.05, 4.69) is 17.1 Å². The number of amides is 1. The van der Waals surface area contributed by atoms with E-state index in [1.165, 1.54) is 35.5 Å². The van der Waals surface area contributed by atoms with Gasteiger partial charge in [-0.15, -0.1) is 0 Å². The van der Waals surface area contributed by atoms with E-state index in [-0.39, 0.29) is 5.91 Å². The van der Waals surface area contributed by atoms with Crippen LogP contribution in [0.2, 0.25) is 0 Å². The molecule has 1 heterocycles. The van der Waals surface area contributed by atoms with E-state index in [9.17, 15) is 20.0 Å². The van der Waals surface area contributed by atoms with E-state index in [0.717, 1.165) is 18.5 Å². The van der Waals surface area contributed by atoms with Crippen molar-refractivity contribution in [3.8, 4) is 5.75 Å². The Morgan fingerprint density at radius 3 is 2.42 bits per heavy atom.